The molecule has 0 aromatic heterocycles. The minimum absolute atomic E-state index is 0.0587. The highest BCUT2D eigenvalue weighted by molar-refractivity contribution is 6.00. The van der Waals surface area contributed by atoms with Gasteiger partial charge in [-0.05, 0) is 20.3 Å². The van der Waals surface area contributed by atoms with Gasteiger partial charge in [0, 0.05) is 6.04 Å². The fraction of sp³-hybridized carbons (Fsp3) is 0.778. The summed E-state index contributed by atoms with van der Waals surface area (Å²) in [6.45, 7) is 4.32. The van der Waals surface area contributed by atoms with Crippen molar-refractivity contribution in [1.82, 2.24) is 5.32 Å². The summed E-state index contributed by atoms with van der Waals surface area (Å²) in [5.41, 5.74) is 0. The summed E-state index contributed by atoms with van der Waals surface area (Å²) in [4.78, 5) is 22.6. The Kier molecular flexibility index (Phi) is 3.42. The molecule has 0 aromatic carbocycles. The van der Waals surface area contributed by atoms with E-state index < -0.39 is 5.92 Å². The van der Waals surface area contributed by atoms with Crippen LogP contribution in [-0.4, -0.2) is 30.9 Å². The molecule has 0 aromatic rings. The van der Waals surface area contributed by atoms with Gasteiger partial charge >= 0.3 is 5.97 Å². The van der Waals surface area contributed by atoms with E-state index in [0.29, 0.717) is 13.0 Å². The Balaban J connectivity index is 2.55. The lowest BCUT2D eigenvalue weighted by Crippen LogP contribution is -2.46. The maximum Gasteiger partial charge on any atom is 0.316 e. The van der Waals surface area contributed by atoms with Crippen LogP contribution in [0.25, 0.3) is 0 Å². The third kappa shape index (κ3) is 2.52. The van der Waals surface area contributed by atoms with Crippen molar-refractivity contribution in [3.05, 3.63) is 0 Å². The van der Waals surface area contributed by atoms with Gasteiger partial charge in [0.2, 0.25) is 0 Å². The maximum absolute atomic E-state index is 11.3. The Labute approximate surface area is 77.6 Å². The molecular weight excluding hydrogens is 170 g/mol. The number of hydrogen-bond acceptors (Lipinski definition) is 4. The molecule has 4 heteroatoms. The largest absolute Gasteiger partial charge is 0.465 e. The van der Waals surface area contributed by atoms with Crippen molar-refractivity contribution < 1.29 is 14.3 Å². The van der Waals surface area contributed by atoms with Crippen LogP contribution in [0, 0.1) is 5.92 Å². The zero-order chi connectivity index (χ0) is 9.84. The zero-order valence-electron chi connectivity index (χ0n) is 8.00. The first-order valence-electron chi connectivity index (χ1n) is 4.58. The molecule has 1 aliphatic rings. The van der Waals surface area contributed by atoms with Crippen LogP contribution in [0.5, 0.6) is 0 Å². The molecule has 1 N–H and O–H groups in total. The average Bonchev–Trinajstić information content (AvgIpc) is 2.09. The van der Waals surface area contributed by atoms with Crippen molar-refractivity contribution in [1.29, 1.82) is 0 Å². The fourth-order valence-corrected chi connectivity index (χ4v) is 1.44. The van der Waals surface area contributed by atoms with Gasteiger partial charge in [-0.25, -0.2) is 0 Å². The van der Waals surface area contributed by atoms with Gasteiger partial charge in [-0.15, -0.1) is 0 Å². The highest BCUT2D eigenvalue weighted by Crippen LogP contribution is 2.14. The molecule has 0 saturated carbocycles. The number of nitrogens with one attached hydrogen (secondary N) is 1. The lowest BCUT2D eigenvalue weighted by atomic mass is 9.92. The second kappa shape index (κ2) is 4.37. The van der Waals surface area contributed by atoms with Gasteiger partial charge in [-0.2, -0.15) is 0 Å². The van der Waals surface area contributed by atoms with Gasteiger partial charge in [-0.1, -0.05) is 0 Å². The number of esters is 1. The maximum atomic E-state index is 11.3. The van der Waals surface area contributed by atoms with Crippen LogP contribution in [0.2, 0.25) is 0 Å². The molecule has 1 heterocycles. The van der Waals surface area contributed by atoms with E-state index in [2.05, 4.69) is 5.32 Å². The molecule has 0 amide bonds. The summed E-state index contributed by atoms with van der Waals surface area (Å²) in [6, 6.07) is 0.215. The van der Waals surface area contributed by atoms with Crippen LogP contribution in [0.3, 0.4) is 0 Å². The van der Waals surface area contributed by atoms with E-state index in [0.717, 1.165) is 0 Å². The lowest BCUT2D eigenvalue weighted by Gasteiger charge is -2.25. The molecular formula is C9H15NO3. The van der Waals surface area contributed by atoms with E-state index in [1.807, 2.05) is 6.92 Å². The lowest BCUT2D eigenvalue weighted by molar-refractivity contribution is -0.152. The third-order valence-electron chi connectivity index (χ3n) is 2.17. The number of Topliss-reactive ketones (excluding diaryl/α,β-unsaturated/α-hetero) is 1. The smallest absolute Gasteiger partial charge is 0.316 e. The van der Waals surface area contributed by atoms with Crippen LogP contribution in [0.1, 0.15) is 20.3 Å². The normalized spacial score (nSPS) is 28.6. The number of ketones is 1. The molecule has 4 nitrogen and oxygen atoms in total. The average molecular weight is 185 g/mol. The number of rotatable bonds is 2. The summed E-state index contributed by atoms with van der Waals surface area (Å²) in [5, 5.41) is 3.00. The molecule has 1 unspecified atom stereocenters. The SMILES string of the molecule is CCOC(=O)C1C[C@@H](C)NCC1=O. The summed E-state index contributed by atoms with van der Waals surface area (Å²) in [5.74, 6) is -0.978. The molecule has 13 heavy (non-hydrogen) atoms. The van der Waals surface area contributed by atoms with Crippen LogP contribution in [0.4, 0.5) is 0 Å². The molecule has 1 rings (SSSR count). The van der Waals surface area contributed by atoms with E-state index in [1.165, 1.54) is 0 Å². The van der Waals surface area contributed by atoms with Gasteiger partial charge in [0.25, 0.3) is 0 Å². The second-order valence-electron chi connectivity index (χ2n) is 3.29. The van der Waals surface area contributed by atoms with Gasteiger partial charge < -0.3 is 10.1 Å². The minimum atomic E-state index is -0.545. The molecule has 0 bridgehead atoms. The molecule has 1 saturated heterocycles. The molecule has 1 fully saturated rings. The standard InChI is InChI=1S/C9H15NO3/c1-3-13-9(12)7-4-6(2)10-5-8(7)11/h6-7,10H,3-5H2,1-2H3/t6-,7?/m1/s1. The molecule has 74 valence electrons. The quantitative estimate of drug-likeness (QED) is 0.490. The topological polar surface area (TPSA) is 55.4 Å². The highest BCUT2D eigenvalue weighted by atomic mass is 16.5. The van der Waals surface area contributed by atoms with Crippen molar-refractivity contribution in [2.24, 2.45) is 5.92 Å². The molecule has 0 aliphatic carbocycles. The summed E-state index contributed by atoms with van der Waals surface area (Å²) < 4.78 is 4.81. The monoisotopic (exact) mass is 185 g/mol. The van der Waals surface area contributed by atoms with Gasteiger partial charge in [-0.3, -0.25) is 9.59 Å². The molecule has 0 radical (unpaired) electrons. The number of carbonyl (C=O) groups excluding carboxylic acids is 2. The van der Waals surface area contributed by atoms with Crippen molar-refractivity contribution in [2.45, 2.75) is 26.3 Å². The first-order chi connectivity index (χ1) is 6.15. The van der Waals surface area contributed by atoms with Crippen LogP contribution in [0.15, 0.2) is 0 Å². The van der Waals surface area contributed by atoms with Crippen LogP contribution < -0.4 is 5.32 Å². The van der Waals surface area contributed by atoms with Gasteiger partial charge in [0.1, 0.15) is 5.92 Å². The number of hydrogen-bond donors (Lipinski definition) is 1. The van der Waals surface area contributed by atoms with E-state index >= 15 is 0 Å². The van der Waals surface area contributed by atoms with Crippen molar-refractivity contribution in [2.75, 3.05) is 13.2 Å². The fourth-order valence-electron chi connectivity index (χ4n) is 1.44. The Morgan fingerprint density at radius 1 is 1.69 bits per heavy atom. The predicted molar refractivity (Wildman–Crippen MR) is 47.2 cm³/mol. The number of piperidine rings is 1. The van der Waals surface area contributed by atoms with E-state index in [4.69, 9.17) is 4.74 Å². The first kappa shape index (κ1) is 10.2. The Hall–Kier alpha value is -0.900. The molecule has 1 aliphatic heterocycles. The van der Waals surface area contributed by atoms with Crippen LogP contribution >= 0.6 is 0 Å². The number of ether oxygens (including phenoxy) is 1. The summed E-state index contributed by atoms with van der Waals surface area (Å²) in [7, 11) is 0. The molecule has 0 spiro atoms. The Morgan fingerprint density at radius 3 is 3.00 bits per heavy atom. The number of carbonyl (C=O) groups is 2. The first-order valence-corrected chi connectivity index (χ1v) is 4.58. The Bertz CT molecular complexity index is 215. The zero-order valence-corrected chi connectivity index (χ0v) is 8.00. The van der Waals surface area contributed by atoms with E-state index in [1.54, 1.807) is 6.92 Å². The van der Waals surface area contributed by atoms with E-state index in [-0.39, 0.29) is 24.3 Å². The van der Waals surface area contributed by atoms with Crippen molar-refractivity contribution in [3.8, 4) is 0 Å². The van der Waals surface area contributed by atoms with Crippen LogP contribution in [-0.2, 0) is 14.3 Å². The van der Waals surface area contributed by atoms with Crippen molar-refractivity contribution in [3.63, 3.8) is 0 Å². The minimum Gasteiger partial charge on any atom is -0.465 e. The summed E-state index contributed by atoms with van der Waals surface area (Å²) in [6.07, 6.45) is 0.553. The van der Waals surface area contributed by atoms with Crippen molar-refractivity contribution >= 4 is 11.8 Å². The Morgan fingerprint density at radius 2 is 2.38 bits per heavy atom. The molecule has 2 atom stereocenters. The van der Waals surface area contributed by atoms with E-state index in [9.17, 15) is 9.59 Å². The summed E-state index contributed by atoms with van der Waals surface area (Å²) >= 11 is 0. The van der Waals surface area contributed by atoms with Gasteiger partial charge in [0.05, 0.1) is 13.2 Å². The predicted octanol–water partition coefficient (Wildman–Crippen LogP) is 0.117. The highest BCUT2D eigenvalue weighted by Gasteiger charge is 2.32. The second-order valence-corrected chi connectivity index (χ2v) is 3.29. The van der Waals surface area contributed by atoms with Gasteiger partial charge in [0.15, 0.2) is 5.78 Å². The third-order valence-corrected chi connectivity index (χ3v) is 2.17.